The summed E-state index contributed by atoms with van der Waals surface area (Å²) in [5, 5.41) is 0. The van der Waals surface area contributed by atoms with Crippen LogP contribution in [0, 0.1) is 5.92 Å². The maximum Gasteiger partial charge on any atom is 0.330 e. The SMILES string of the molecule is CCOC(=O)/C=C/[C@H]1C[C@H](c2cccc(Oc3ccccc3)c2)C1. The molecule has 0 saturated heterocycles. The summed E-state index contributed by atoms with van der Waals surface area (Å²) in [4.78, 5) is 11.3. The number of hydrogen-bond donors (Lipinski definition) is 0. The molecule has 1 aliphatic rings. The zero-order valence-electron chi connectivity index (χ0n) is 13.9. The second-order valence-electron chi connectivity index (χ2n) is 6.03. The van der Waals surface area contributed by atoms with Crippen molar-refractivity contribution in [1.82, 2.24) is 0 Å². The van der Waals surface area contributed by atoms with Crippen molar-refractivity contribution in [3.8, 4) is 11.5 Å². The molecule has 0 atom stereocenters. The topological polar surface area (TPSA) is 35.5 Å². The van der Waals surface area contributed by atoms with Gasteiger partial charge in [-0.2, -0.15) is 0 Å². The highest BCUT2D eigenvalue weighted by atomic mass is 16.5. The van der Waals surface area contributed by atoms with Crippen molar-refractivity contribution < 1.29 is 14.3 Å². The minimum atomic E-state index is -0.251. The lowest BCUT2D eigenvalue weighted by atomic mass is 9.71. The van der Waals surface area contributed by atoms with E-state index in [4.69, 9.17) is 9.47 Å². The van der Waals surface area contributed by atoms with Crippen LogP contribution >= 0.6 is 0 Å². The van der Waals surface area contributed by atoms with E-state index in [1.807, 2.05) is 55.5 Å². The maximum atomic E-state index is 11.3. The van der Waals surface area contributed by atoms with E-state index in [1.165, 1.54) is 5.56 Å². The third kappa shape index (κ3) is 4.25. The minimum absolute atomic E-state index is 0.251. The molecule has 24 heavy (non-hydrogen) atoms. The van der Waals surface area contributed by atoms with E-state index in [9.17, 15) is 4.79 Å². The molecule has 0 unspecified atom stereocenters. The van der Waals surface area contributed by atoms with Crippen LogP contribution in [-0.2, 0) is 9.53 Å². The van der Waals surface area contributed by atoms with Crippen LogP contribution in [0.1, 0.15) is 31.2 Å². The molecular weight excluding hydrogens is 300 g/mol. The van der Waals surface area contributed by atoms with Gasteiger partial charge in [0.05, 0.1) is 6.61 Å². The van der Waals surface area contributed by atoms with E-state index in [0.29, 0.717) is 18.4 Å². The van der Waals surface area contributed by atoms with Crippen LogP contribution in [0.4, 0.5) is 0 Å². The first-order valence-electron chi connectivity index (χ1n) is 8.42. The Labute approximate surface area is 142 Å². The van der Waals surface area contributed by atoms with E-state index in [-0.39, 0.29) is 5.97 Å². The molecule has 0 bridgehead atoms. The summed E-state index contributed by atoms with van der Waals surface area (Å²) in [5.74, 6) is 2.45. The van der Waals surface area contributed by atoms with Gasteiger partial charge in [-0.05, 0) is 61.4 Å². The van der Waals surface area contributed by atoms with Gasteiger partial charge in [0, 0.05) is 6.08 Å². The molecule has 1 saturated carbocycles. The van der Waals surface area contributed by atoms with Crippen molar-refractivity contribution in [1.29, 1.82) is 0 Å². The normalized spacial score (nSPS) is 19.7. The zero-order valence-corrected chi connectivity index (χ0v) is 13.9. The summed E-state index contributed by atoms with van der Waals surface area (Å²) in [6, 6.07) is 18.1. The Bertz CT molecular complexity index is 700. The van der Waals surface area contributed by atoms with Crippen LogP contribution in [0.3, 0.4) is 0 Å². The minimum Gasteiger partial charge on any atom is -0.463 e. The molecule has 3 nitrogen and oxygen atoms in total. The van der Waals surface area contributed by atoms with E-state index < -0.39 is 0 Å². The molecule has 0 heterocycles. The quantitative estimate of drug-likeness (QED) is 0.549. The summed E-state index contributed by atoms with van der Waals surface area (Å²) in [5.41, 5.74) is 1.30. The maximum absolute atomic E-state index is 11.3. The number of rotatable bonds is 6. The van der Waals surface area contributed by atoms with Gasteiger partial charge in [0.2, 0.25) is 0 Å². The van der Waals surface area contributed by atoms with Crippen molar-refractivity contribution in [2.75, 3.05) is 6.61 Å². The van der Waals surface area contributed by atoms with Crippen LogP contribution in [0.2, 0.25) is 0 Å². The Balaban J connectivity index is 1.55. The van der Waals surface area contributed by atoms with Gasteiger partial charge in [-0.25, -0.2) is 4.79 Å². The molecule has 0 aliphatic heterocycles. The first-order chi connectivity index (χ1) is 11.7. The van der Waals surface area contributed by atoms with Crippen molar-refractivity contribution in [3.63, 3.8) is 0 Å². The Morgan fingerprint density at radius 3 is 2.58 bits per heavy atom. The summed E-state index contributed by atoms with van der Waals surface area (Å²) in [7, 11) is 0. The van der Waals surface area contributed by atoms with Gasteiger partial charge in [0.25, 0.3) is 0 Å². The molecule has 0 radical (unpaired) electrons. The molecule has 0 spiro atoms. The first-order valence-corrected chi connectivity index (χ1v) is 8.42. The second-order valence-corrected chi connectivity index (χ2v) is 6.03. The van der Waals surface area contributed by atoms with Crippen LogP contribution in [0.25, 0.3) is 0 Å². The smallest absolute Gasteiger partial charge is 0.330 e. The number of hydrogen-bond acceptors (Lipinski definition) is 3. The van der Waals surface area contributed by atoms with Crippen LogP contribution in [-0.4, -0.2) is 12.6 Å². The lowest BCUT2D eigenvalue weighted by Gasteiger charge is -2.33. The fourth-order valence-electron chi connectivity index (χ4n) is 2.95. The standard InChI is InChI=1S/C21H22O3/c1-2-23-21(22)12-11-16-13-18(14-16)17-7-6-10-20(15-17)24-19-8-4-3-5-9-19/h3-12,15-16,18H,2,13-14H2,1H3/b12-11+/t16-,18-. The summed E-state index contributed by atoms with van der Waals surface area (Å²) in [6.45, 7) is 2.24. The lowest BCUT2D eigenvalue weighted by Crippen LogP contribution is -2.20. The lowest BCUT2D eigenvalue weighted by molar-refractivity contribution is -0.137. The molecule has 2 aromatic carbocycles. The average molecular weight is 322 g/mol. The molecule has 3 heteroatoms. The second kappa shape index (κ2) is 7.82. The van der Waals surface area contributed by atoms with Gasteiger partial charge in [-0.3, -0.25) is 0 Å². The number of carbonyl (C=O) groups is 1. The molecule has 0 N–H and O–H groups in total. The van der Waals surface area contributed by atoms with E-state index in [1.54, 1.807) is 6.08 Å². The van der Waals surface area contributed by atoms with Crippen LogP contribution in [0.15, 0.2) is 66.7 Å². The fourth-order valence-corrected chi connectivity index (χ4v) is 2.95. The first kappa shape index (κ1) is 16.3. The van der Waals surface area contributed by atoms with Gasteiger partial charge in [-0.15, -0.1) is 0 Å². The van der Waals surface area contributed by atoms with Crippen LogP contribution < -0.4 is 4.74 Å². The van der Waals surface area contributed by atoms with Gasteiger partial charge in [-0.1, -0.05) is 36.4 Å². The van der Waals surface area contributed by atoms with Gasteiger partial charge in [0.1, 0.15) is 11.5 Å². The monoisotopic (exact) mass is 322 g/mol. The largest absolute Gasteiger partial charge is 0.463 e. The van der Waals surface area contributed by atoms with Crippen LogP contribution in [0.5, 0.6) is 11.5 Å². The summed E-state index contributed by atoms with van der Waals surface area (Å²) in [6.07, 6.45) is 5.65. The molecular formula is C21H22O3. The predicted molar refractivity (Wildman–Crippen MR) is 94.2 cm³/mol. The number of carbonyl (C=O) groups excluding carboxylic acids is 1. The van der Waals surface area contributed by atoms with Crippen molar-refractivity contribution >= 4 is 5.97 Å². The Morgan fingerprint density at radius 1 is 1.08 bits per heavy atom. The van der Waals surface area contributed by atoms with E-state index in [0.717, 1.165) is 24.3 Å². The molecule has 2 aromatic rings. The number of benzene rings is 2. The molecule has 1 aliphatic carbocycles. The average Bonchev–Trinajstić information content (AvgIpc) is 2.55. The number of ether oxygens (including phenoxy) is 2. The number of allylic oxidation sites excluding steroid dienone is 1. The molecule has 0 amide bonds. The highest BCUT2D eigenvalue weighted by Gasteiger charge is 2.28. The van der Waals surface area contributed by atoms with Crippen molar-refractivity contribution in [2.45, 2.75) is 25.7 Å². The van der Waals surface area contributed by atoms with E-state index in [2.05, 4.69) is 12.1 Å². The summed E-state index contributed by atoms with van der Waals surface area (Å²) >= 11 is 0. The summed E-state index contributed by atoms with van der Waals surface area (Å²) < 4.78 is 10.8. The fraction of sp³-hybridized carbons (Fsp3) is 0.286. The number of para-hydroxylation sites is 1. The highest BCUT2D eigenvalue weighted by Crippen LogP contribution is 2.43. The van der Waals surface area contributed by atoms with Gasteiger partial charge in [0.15, 0.2) is 0 Å². The third-order valence-electron chi connectivity index (χ3n) is 4.27. The molecule has 0 aromatic heterocycles. The molecule has 3 rings (SSSR count). The Morgan fingerprint density at radius 2 is 1.83 bits per heavy atom. The Hall–Kier alpha value is -2.55. The van der Waals surface area contributed by atoms with Gasteiger partial charge < -0.3 is 9.47 Å². The Kier molecular flexibility index (Phi) is 5.32. The van der Waals surface area contributed by atoms with Crippen molar-refractivity contribution in [2.24, 2.45) is 5.92 Å². The van der Waals surface area contributed by atoms with Crippen molar-refractivity contribution in [3.05, 3.63) is 72.3 Å². The predicted octanol–water partition coefficient (Wildman–Crippen LogP) is 5.09. The number of esters is 1. The highest BCUT2D eigenvalue weighted by molar-refractivity contribution is 5.81. The third-order valence-corrected chi connectivity index (χ3v) is 4.27. The zero-order chi connectivity index (χ0) is 16.8. The molecule has 1 fully saturated rings. The molecule has 124 valence electrons. The van der Waals surface area contributed by atoms with E-state index >= 15 is 0 Å². The van der Waals surface area contributed by atoms with Gasteiger partial charge >= 0.3 is 5.97 Å².